The van der Waals surface area contributed by atoms with Gasteiger partial charge in [-0.1, -0.05) is 0 Å². The third-order valence-corrected chi connectivity index (χ3v) is 0. The summed E-state index contributed by atoms with van der Waals surface area (Å²) in [5.41, 5.74) is 0. The maximum absolute atomic E-state index is 9.75. The molecule has 9 heavy (non-hydrogen) atoms. The van der Waals surface area contributed by atoms with Crippen molar-refractivity contribution in [1.82, 2.24) is 0 Å². The molecule has 0 aliphatic heterocycles. The van der Waals surface area contributed by atoms with Crippen LogP contribution >= 0.6 is 7.92 Å². The maximum atomic E-state index is 9.75. The summed E-state index contributed by atoms with van der Waals surface area (Å²) in [5, 5.41) is 0. The number of hydrogen-bond donors (Lipinski definition) is 0. The Kier molecular flexibility index (Phi) is 6.68. The van der Waals surface area contributed by atoms with E-state index in [2.05, 4.69) is 20.0 Å². The van der Waals surface area contributed by atoms with Crippen molar-refractivity contribution >= 4 is 15.2 Å². The van der Waals surface area contributed by atoms with Crippen molar-refractivity contribution in [3.8, 4) is 0 Å². The molecule has 57 valence electrons. The van der Waals surface area contributed by atoms with Crippen LogP contribution in [0.3, 0.4) is 0 Å². The Balaban J connectivity index is 0. The van der Waals surface area contributed by atoms with E-state index < -0.39 is 7.25 Å². The van der Waals surface area contributed by atoms with Crippen LogP contribution < -0.4 is 0 Å². The van der Waals surface area contributed by atoms with Crippen molar-refractivity contribution in [1.29, 1.82) is 0 Å². The summed E-state index contributed by atoms with van der Waals surface area (Å²) in [6.45, 7) is 6.69. The first-order valence-corrected chi connectivity index (χ1v) is 4.90. The fourth-order valence-electron chi connectivity index (χ4n) is 0. The van der Waals surface area contributed by atoms with Gasteiger partial charge in [-0.15, -0.1) is 0 Å². The molecular formula is C3H9BF4P. The van der Waals surface area contributed by atoms with Gasteiger partial charge in [0.25, 0.3) is 0 Å². The summed E-state index contributed by atoms with van der Waals surface area (Å²) in [7, 11) is -5.62. The molecule has 0 aromatic heterocycles. The molecule has 0 bridgehead atoms. The number of rotatable bonds is 0. The molecule has 0 aliphatic rings. The van der Waals surface area contributed by atoms with Gasteiger partial charge < -0.3 is 17.3 Å². The average molecular weight is 163 g/mol. The van der Waals surface area contributed by atoms with Crippen LogP contribution in [-0.2, 0) is 0 Å². The van der Waals surface area contributed by atoms with Crippen LogP contribution in [-0.4, -0.2) is 27.2 Å². The van der Waals surface area contributed by atoms with Crippen molar-refractivity contribution in [2.24, 2.45) is 0 Å². The standard InChI is InChI=1S/C3H9P.BF4/c1-4(2)3;2-1(3,4)5/h1-3H3;/q+1;-1. The third kappa shape index (κ3) is 6870. The Labute approximate surface area is 53.5 Å². The largest absolute Gasteiger partial charge is 0.673 e. The van der Waals surface area contributed by atoms with E-state index >= 15 is 0 Å². The van der Waals surface area contributed by atoms with Crippen LogP contribution in [0.25, 0.3) is 0 Å². The molecule has 0 spiro atoms. The lowest BCUT2D eigenvalue weighted by molar-refractivity contribution is 0.368. The smallest absolute Gasteiger partial charge is 0.418 e. The quantitative estimate of drug-likeness (QED) is 0.292. The summed E-state index contributed by atoms with van der Waals surface area (Å²) in [4.78, 5) is 0. The molecular weight excluding hydrogens is 154 g/mol. The molecule has 0 N–H and O–H groups in total. The van der Waals surface area contributed by atoms with Gasteiger partial charge in [0.15, 0.2) is 0 Å². The van der Waals surface area contributed by atoms with Gasteiger partial charge in [-0.05, 0) is 0 Å². The number of halogens is 4. The summed E-state index contributed by atoms with van der Waals surface area (Å²) in [6.07, 6.45) is 0. The fourth-order valence-corrected chi connectivity index (χ4v) is 0. The van der Waals surface area contributed by atoms with E-state index in [1.54, 1.807) is 0 Å². The zero-order valence-corrected chi connectivity index (χ0v) is 6.43. The first kappa shape index (κ1) is 11.9. The van der Waals surface area contributed by atoms with E-state index in [4.69, 9.17) is 0 Å². The SMILES string of the molecule is C[P+](C)C.F[B-](F)(F)F. The molecule has 0 aromatic rings. The molecule has 0 atom stereocenters. The van der Waals surface area contributed by atoms with E-state index in [1.807, 2.05) is 0 Å². The predicted octanol–water partition coefficient (Wildman–Crippen LogP) is 2.66. The Bertz CT molecular complexity index is 52.6. The second-order valence-corrected chi connectivity index (χ2v) is 4.52. The average Bonchev–Trinajstić information content (AvgIpc) is 1.19. The Hall–Kier alpha value is 0.215. The third-order valence-electron chi connectivity index (χ3n) is 0. The van der Waals surface area contributed by atoms with Gasteiger partial charge in [-0.25, -0.2) is 0 Å². The van der Waals surface area contributed by atoms with Crippen molar-refractivity contribution < 1.29 is 17.3 Å². The minimum Gasteiger partial charge on any atom is -0.418 e. The molecule has 6 heteroatoms. The van der Waals surface area contributed by atoms with Gasteiger partial charge in [0.05, 0.1) is 20.0 Å². The molecule has 0 nitrogen and oxygen atoms in total. The van der Waals surface area contributed by atoms with E-state index in [9.17, 15) is 17.3 Å². The summed E-state index contributed by atoms with van der Waals surface area (Å²) in [6, 6.07) is 0. The van der Waals surface area contributed by atoms with Crippen molar-refractivity contribution in [3.63, 3.8) is 0 Å². The molecule has 0 aliphatic carbocycles. The zero-order valence-electron chi connectivity index (χ0n) is 5.54. The first-order valence-electron chi connectivity index (χ1n) is 2.21. The van der Waals surface area contributed by atoms with Gasteiger partial charge in [0.1, 0.15) is 7.92 Å². The molecule has 0 saturated carbocycles. The van der Waals surface area contributed by atoms with Crippen LogP contribution in [0.4, 0.5) is 17.3 Å². The normalized spacial score (nSPS) is 10.7. The molecule has 0 amide bonds. The highest BCUT2D eigenvalue weighted by atomic mass is 31.1. The lowest BCUT2D eigenvalue weighted by Gasteiger charge is -1.94. The van der Waals surface area contributed by atoms with Crippen LogP contribution in [0.2, 0.25) is 0 Å². The van der Waals surface area contributed by atoms with Crippen LogP contribution in [0.5, 0.6) is 0 Å². The van der Waals surface area contributed by atoms with Crippen molar-refractivity contribution in [2.45, 2.75) is 0 Å². The molecule has 0 aromatic carbocycles. The van der Waals surface area contributed by atoms with E-state index in [1.165, 1.54) is 0 Å². The maximum Gasteiger partial charge on any atom is 0.673 e. The monoisotopic (exact) mass is 163 g/mol. The highest BCUT2D eigenvalue weighted by Crippen LogP contribution is 2.14. The second kappa shape index (κ2) is 5.04. The van der Waals surface area contributed by atoms with Gasteiger partial charge >= 0.3 is 7.25 Å². The molecule has 0 unspecified atom stereocenters. The summed E-state index contributed by atoms with van der Waals surface area (Å²) in [5.74, 6) is 0. The second-order valence-electron chi connectivity index (χ2n) is 1.84. The van der Waals surface area contributed by atoms with E-state index in [0.29, 0.717) is 7.92 Å². The predicted molar refractivity (Wildman–Crippen MR) is 34.9 cm³/mol. The zero-order chi connectivity index (χ0) is 8.08. The van der Waals surface area contributed by atoms with Crippen molar-refractivity contribution in [3.05, 3.63) is 0 Å². The highest BCUT2D eigenvalue weighted by Gasteiger charge is 2.20. The van der Waals surface area contributed by atoms with E-state index in [-0.39, 0.29) is 0 Å². The van der Waals surface area contributed by atoms with Crippen LogP contribution in [0.1, 0.15) is 0 Å². The van der Waals surface area contributed by atoms with Gasteiger partial charge in [0.2, 0.25) is 0 Å². The fraction of sp³-hybridized carbons (Fsp3) is 1.00. The van der Waals surface area contributed by atoms with Crippen LogP contribution in [0, 0.1) is 0 Å². The first-order chi connectivity index (χ1) is 3.73. The molecule has 0 heterocycles. The van der Waals surface area contributed by atoms with Crippen molar-refractivity contribution in [2.75, 3.05) is 20.0 Å². The minimum absolute atomic E-state index is 0.380. The molecule has 1 radical (unpaired) electrons. The van der Waals surface area contributed by atoms with Gasteiger partial charge in [0, 0.05) is 0 Å². The highest BCUT2D eigenvalue weighted by molar-refractivity contribution is 7.55. The summed E-state index contributed by atoms with van der Waals surface area (Å²) < 4.78 is 39.0. The minimum atomic E-state index is -6.00. The Morgan fingerprint density at radius 2 is 0.889 bits per heavy atom. The van der Waals surface area contributed by atoms with E-state index in [0.717, 1.165) is 0 Å². The lowest BCUT2D eigenvalue weighted by Crippen LogP contribution is -2.02. The molecule has 0 fully saturated rings. The summed E-state index contributed by atoms with van der Waals surface area (Å²) >= 11 is 0. The topological polar surface area (TPSA) is 0 Å². The Morgan fingerprint density at radius 1 is 0.889 bits per heavy atom. The number of hydrogen-bond acceptors (Lipinski definition) is 0. The molecule has 0 saturated heterocycles. The van der Waals surface area contributed by atoms with Crippen LogP contribution in [0.15, 0.2) is 0 Å². The van der Waals surface area contributed by atoms with Gasteiger partial charge in [-0.3, -0.25) is 0 Å². The van der Waals surface area contributed by atoms with Gasteiger partial charge in [-0.2, -0.15) is 0 Å². The lowest BCUT2D eigenvalue weighted by atomic mass is 10.3. The Morgan fingerprint density at radius 3 is 0.889 bits per heavy atom. The molecule has 0 rings (SSSR count).